The molecule has 0 spiro atoms. The summed E-state index contributed by atoms with van der Waals surface area (Å²) in [4.78, 5) is 19.6. The average Bonchev–Trinajstić information content (AvgIpc) is 3.82. The quantitative estimate of drug-likeness (QED) is 0.171. The van der Waals surface area contributed by atoms with E-state index in [0.717, 1.165) is 39.0 Å². The molecule has 0 radical (unpaired) electrons. The van der Waals surface area contributed by atoms with Crippen LogP contribution in [0.2, 0.25) is 0 Å². The van der Waals surface area contributed by atoms with Crippen molar-refractivity contribution in [1.29, 1.82) is 0 Å². The first-order valence-electron chi connectivity index (χ1n) is 19.2. The maximum absolute atomic E-state index is 14.2. The third kappa shape index (κ3) is 4.09. The first-order chi connectivity index (χ1) is 27.5. The highest BCUT2D eigenvalue weighted by atomic mass is 16.1. The number of fused-ring (bicyclic) bond motifs is 12. The van der Waals surface area contributed by atoms with E-state index in [0.29, 0.717) is 11.0 Å². The van der Waals surface area contributed by atoms with Crippen LogP contribution in [-0.4, -0.2) is 18.7 Å². The molecule has 1 aliphatic carbocycles. The van der Waals surface area contributed by atoms with Crippen molar-refractivity contribution in [2.75, 3.05) is 0 Å². The Morgan fingerprint density at radius 2 is 0.893 bits per heavy atom. The van der Waals surface area contributed by atoms with E-state index in [4.69, 9.17) is 4.98 Å². The Hall–Kier alpha value is -7.24. The monoisotopic (exact) mass is 718 g/mol. The molecule has 7 aromatic carbocycles. The fourth-order valence-electron chi connectivity index (χ4n) is 9.64. The van der Waals surface area contributed by atoms with Crippen molar-refractivity contribution in [2.45, 2.75) is 19.3 Å². The minimum Gasteiger partial charge on any atom is -0.309 e. The van der Waals surface area contributed by atoms with E-state index in [1.807, 2.05) is 54.6 Å². The van der Waals surface area contributed by atoms with Gasteiger partial charge in [-0.25, -0.2) is 4.98 Å². The summed E-state index contributed by atoms with van der Waals surface area (Å²) < 4.78 is 6.46. The van der Waals surface area contributed by atoms with Crippen molar-refractivity contribution < 1.29 is 0 Å². The van der Waals surface area contributed by atoms with Crippen LogP contribution in [0, 0.1) is 0 Å². The molecule has 0 unspecified atom stereocenters. The van der Waals surface area contributed by atoms with Gasteiger partial charge >= 0.3 is 0 Å². The van der Waals surface area contributed by atoms with Crippen molar-refractivity contribution in [3.63, 3.8) is 0 Å². The van der Waals surface area contributed by atoms with Crippen molar-refractivity contribution in [3.8, 4) is 28.3 Å². The molecule has 12 rings (SSSR count). The SMILES string of the molecule is CC1(C)c2cc3c(cc2-c2cc4c5ccccc5n(-c5ccc6c7ccccc7c(=O)n(-c7ccccc7)c6n5)c4cc21)c1ccccc1n3-c1ccccc1. The molecule has 0 saturated heterocycles. The minimum atomic E-state index is -0.268. The number of benzene rings is 7. The molecule has 4 heterocycles. The van der Waals surface area contributed by atoms with Crippen LogP contribution >= 0.6 is 0 Å². The van der Waals surface area contributed by atoms with Crippen LogP contribution in [0.4, 0.5) is 0 Å². The van der Waals surface area contributed by atoms with Gasteiger partial charge in [0.15, 0.2) is 0 Å². The van der Waals surface area contributed by atoms with E-state index in [-0.39, 0.29) is 11.0 Å². The third-order valence-corrected chi connectivity index (χ3v) is 12.2. The summed E-state index contributed by atoms with van der Waals surface area (Å²) in [7, 11) is 0. The number of hydrogen-bond donors (Lipinski definition) is 0. The lowest BCUT2D eigenvalue weighted by atomic mass is 9.82. The summed E-state index contributed by atoms with van der Waals surface area (Å²) in [6.45, 7) is 4.71. The maximum atomic E-state index is 14.2. The van der Waals surface area contributed by atoms with Crippen LogP contribution in [0.1, 0.15) is 25.0 Å². The Kier molecular flexibility index (Phi) is 6.20. The predicted octanol–water partition coefficient (Wildman–Crippen LogP) is 12.0. The van der Waals surface area contributed by atoms with E-state index < -0.39 is 0 Å². The van der Waals surface area contributed by atoms with Gasteiger partial charge in [0, 0.05) is 43.4 Å². The van der Waals surface area contributed by atoms with Crippen molar-refractivity contribution in [1.82, 2.24) is 18.7 Å². The van der Waals surface area contributed by atoms with Gasteiger partial charge in [0.05, 0.1) is 27.8 Å². The highest BCUT2D eigenvalue weighted by molar-refractivity contribution is 6.15. The van der Waals surface area contributed by atoms with Gasteiger partial charge < -0.3 is 4.57 Å². The Labute approximate surface area is 321 Å². The smallest absolute Gasteiger partial charge is 0.264 e. The number of pyridine rings is 2. The lowest BCUT2D eigenvalue weighted by Crippen LogP contribution is -2.20. The predicted molar refractivity (Wildman–Crippen MR) is 231 cm³/mol. The molecular weight excluding hydrogens is 685 g/mol. The van der Waals surface area contributed by atoms with E-state index in [1.54, 1.807) is 4.57 Å². The molecule has 4 aromatic heterocycles. The van der Waals surface area contributed by atoms with Crippen LogP contribution < -0.4 is 5.56 Å². The molecule has 264 valence electrons. The molecule has 0 fully saturated rings. The topological polar surface area (TPSA) is 44.8 Å². The number of nitrogens with zero attached hydrogens (tertiary/aromatic N) is 4. The van der Waals surface area contributed by atoms with Gasteiger partial charge in [0.25, 0.3) is 5.56 Å². The van der Waals surface area contributed by atoms with Crippen LogP contribution in [-0.2, 0) is 5.41 Å². The number of hydrogen-bond acceptors (Lipinski definition) is 2. The molecule has 0 N–H and O–H groups in total. The molecule has 5 heteroatoms. The summed E-state index contributed by atoms with van der Waals surface area (Å²) in [6, 6.07) is 59.6. The molecule has 1 aliphatic rings. The lowest BCUT2D eigenvalue weighted by Gasteiger charge is -2.22. The largest absolute Gasteiger partial charge is 0.309 e. The second-order valence-electron chi connectivity index (χ2n) is 15.6. The molecule has 5 nitrogen and oxygen atoms in total. The Balaban J connectivity index is 1.14. The van der Waals surface area contributed by atoms with Crippen LogP contribution in [0.25, 0.3) is 93.7 Å². The zero-order valence-corrected chi connectivity index (χ0v) is 30.9. The van der Waals surface area contributed by atoms with Crippen molar-refractivity contribution in [2.24, 2.45) is 0 Å². The summed E-state index contributed by atoms with van der Waals surface area (Å²) in [5, 5.41) is 7.36. The van der Waals surface area contributed by atoms with Gasteiger partial charge in [-0.15, -0.1) is 0 Å². The number of rotatable bonds is 3. The normalized spacial score (nSPS) is 13.4. The summed E-state index contributed by atoms with van der Waals surface area (Å²) in [5.74, 6) is 0.769. The fourth-order valence-corrected chi connectivity index (χ4v) is 9.64. The van der Waals surface area contributed by atoms with Gasteiger partial charge in [0.2, 0.25) is 0 Å². The van der Waals surface area contributed by atoms with Gasteiger partial charge in [0.1, 0.15) is 11.5 Å². The molecule has 0 amide bonds. The van der Waals surface area contributed by atoms with E-state index >= 15 is 0 Å². The van der Waals surface area contributed by atoms with Crippen LogP contribution in [0.5, 0.6) is 0 Å². The lowest BCUT2D eigenvalue weighted by molar-refractivity contribution is 0.661. The molecule has 11 aromatic rings. The molecule has 0 atom stereocenters. The molecule has 0 saturated carbocycles. The summed E-state index contributed by atoms with van der Waals surface area (Å²) in [5.41, 5.74) is 12.0. The van der Waals surface area contributed by atoms with Crippen LogP contribution in [0.3, 0.4) is 0 Å². The standard InChI is InChI=1S/C51H34N4O/c1-51(2)42-29-46-40(34-20-11-13-23-44(34)53(46)31-15-5-3-6-16-31)27-38(42)39-28-41-35-21-12-14-24-45(35)55(47(41)30-43(39)51)48-26-25-36-33-19-9-10-22-37(33)50(56)54(49(36)52-48)32-17-7-4-8-18-32/h3-30H,1-2H3. The molecule has 0 aliphatic heterocycles. The fraction of sp³-hybridized carbons (Fsp3) is 0.0588. The average molecular weight is 719 g/mol. The van der Waals surface area contributed by atoms with Gasteiger partial charge in [-0.2, -0.15) is 0 Å². The van der Waals surface area contributed by atoms with E-state index in [9.17, 15) is 4.79 Å². The maximum Gasteiger partial charge on any atom is 0.264 e. The van der Waals surface area contributed by atoms with Gasteiger partial charge in [-0.1, -0.05) is 105 Å². The summed E-state index contributed by atoms with van der Waals surface area (Å²) in [6.07, 6.45) is 0. The van der Waals surface area contributed by atoms with E-state index in [1.165, 1.54) is 54.8 Å². The summed E-state index contributed by atoms with van der Waals surface area (Å²) >= 11 is 0. The third-order valence-electron chi connectivity index (χ3n) is 12.2. The molecular formula is C51H34N4O. The highest BCUT2D eigenvalue weighted by Gasteiger charge is 2.37. The first-order valence-corrected chi connectivity index (χ1v) is 19.2. The van der Waals surface area contributed by atoms with Gasteiger partial charge in [-0.05, 0) is 107 Å². The second-order valence-corrected chi connectivity index (χ2v) is 15.6. The van der Waals surface area contributed by atoms with Crippen molar-refractivity contribution >= 4 is 65.4 Å². The van der Waals surface area contributed by atoms with Gasteiger partial charge in [-0.3, -0.25) is 13.9 Å². The molecule has 0 bridgehead atoms. The molecule has 56 heavy (non-hydrogen) atoms. The highest BCUT2D eigenvalue weighted by Crippen LogP contribution is 2.53. The zero-order valence-electron chi connectivity index (χ0n) is 30.9. The zero-order chi connectivity index (χ0) is 37.3. The second kappa shape index (κ2) is 11.2. The first kappa shape index (κ1) is 31.1. The Morgan fingerprint density at radius 3 is 1.50 bits per heavy atom. The Bertz CT molecular complexity index is 3520. The van der Waals surface area contributed by atoms with Crippen LogP contribution in [0.15, 0.2) is 175 Å². The Morgan fingerprint density at radius 1 is 0.411 bits per heavy atom. The number of aromatic nitrogens is 4. The van der Waals surface area contributed by atoms with Crippen molar-refractivity contribution in [3.05, 3.63) is 191 Å². The minimum absolute atomic E-state index is 0.0798. The van der Waals surface area contributed by atoms with E-state index in [2.05, 4.69) is 138 Å². The number of para-hydroxylation sites is 4.